The number of benzene rings is 2. The lowest BCUT2D eigenvalue weighted by Crippen LogP contribution is -2.44. The Labute approximate surface area is 207 Å². The van der Waals surface area contributed by atoms with E-state index in [0.29, 0.717) is 17.3 Å². The number of amides is 2. The molecule has 2 aliphatic heterocycles. The molecule has 0 spiro atoms. The van der Waals surface area contributed by atoms with Crippen LogP contribution >= 0.6 is 27.5 Å². The number of carbonyl (C=O) groups is 1. The van der Waals surface area contributed by atoms with Gasteiger partial charge in [-0.2, -0.15) is 0 Å². The lowest BCUT2D eigenvalue weighted by molar-refractivity contribution is 0.257. The molecule has 5 rings (SSSR count). The number of piperazine rings is 1. The number of nitrogens with one attached hydrogen (secondary N) is 1. The average Bonchev–Trinajstić information content (AvgIpc) is 3.22. The lowest BCUT2D eigenvalue weighted by Gasteiger charge is -2.35. The highest BCUT2D eigenvalue weighted by molar-refractivity contribution is 9.10. The van der Waals surface area contributed by atoms with E-state index in [2.05, 4.69) is 55.2 Å². The molecule has 8 heteroatoms. The van der Waals surface area contributed by atoms with Crippen LogP contribution in [-0.2, 0) is 6.42 Å². The van der Waals surface area contributed by atoms with Gasteiger partial charge in [-0.15, -0.1) is 0 Å². The maximum absolute atomic E-state index is 13.2. The number of rotatable bonds is 3. The SMILES string of the molecule is CN1CCN(c2cc3c(cc2Br)CCN3C(=O)Nc2ccc(-c3ccncc3)c(Cl)c2)CC1. The standard InChI is InChI=1S/C25H25BrClN5O/c1-30-10-12-31(13-11-30)24-16-23-18(14-21(24)26)6-9-32(23)25(33)29-19-2-3-20(22(27)15-19)17-4-7-28-8-5-17/h2-5,7-8,14-16H,6,9-13H2,1H3,(H,29,33). The first-order valence-electron chi connectivity index (χ1n) is 11.0. The number of urea groups is 1. The number of hydrogen-bond acceptors (Lipinski definition) is 4. The Morgan fingerprint density at radius 3 is 2.48 bits per heavy atom. The van der Waals surface area contributed by atoms with Gasteiger partial charge in [-0.1, -0.05) is 17.7 Å². The molecule has 1 saturated heterocycles. The highest BCUT2D eigenvalue weighted by Gasteiger charge is 2.28. The minimum absolute atomic E-state index is 0.145. The maximum atomic E-state index is 13.2. The van der Waals surface area contributed by atoms with E-state index in [4.69, 9.17) is 11.6 Å². The van der Waals surface area contributed by atoms with Crippen molar-refractivity contribution in [2.75, 3.05) is 54.9 Å². The summed E-state index contributed by atoms with van der Waals surface area (Å²) in [6.45, 7) is 4.67. The van der Waals surface area contributed by atoms with Gasteiger partial charge >= 0.3 is 6.03 Å². The van der Waals surface area contributed by atoms with Crippen molar-refractivity contribution in [3.05, 3.63) is 69.9 Å². The van der Waals surface area contributed by atoms with Gasteiger partial charge in [0, 0.05) is 60.8 Å². The van der Waals surface area contributed by atoms with E-state index in [9.17, 15) is 4.79 Å². The van der Waals surface area contributed by atoms with Crippen molar-refractivity contribution in [1.82, 2.24) is 9.88 Å². The Morgan fingerprint density at radius 2 is 1.76 bits per heavy atom. The van der Waals surface area contributed by atoms with Crippen LogP contribution in [0.5, 0.6) is 0 Å². The Bertz CT molecular complexity index is 1180. The predicted octanol–water partition coefficient (Wildman–Crippen LogP) is 5.51. The number of aromatic nitrogens is 1. The van der Waals surface area contributed by atoms with Crippen LogP contribution in [0.15, 0.2) is 59.3 Å². The van der Waals surface area contributed by atoms with E-state index in [0.717, 1.165) is 59.6 Å². The molecule has 0 unspecified atom stereocenters. The number of halogens is 2. The zero-order valence-corrected chi connectivity index (χ0v) is 20.7. The number of carbonyl (C=O) groups excluding carboxylic acids is 1. The van der Waals surface area contributed by atoms with Gasteiger partial charge in [-0.25, -0.2) is 4.79 Å². The van der Waals surface area contributed by atoms with Gasteiger partial charge < -0.3 is 15.1 Å². The van der Waals surface area contributed by atoms with Crippen LogP contribution in [0, 0.1) is 0 Å². The van der Waals surface area contributed by atoms with E-state index in [1.807, 2.05) is 29.2 Å². The first-order valence-corrected chi connectivity index (χ1v) is 12.2. The smallest absolute Gasteiger partial charge is 0.326 e. The maximum Gasteiger partial charge on any atom is 0.326 e. The highest BCUT2D eigenvalue weighted by Crippen LogP contribution is 2.38. The molecule has 0 bridgehead atoms. The second-order valence-electron chi connectivity index (χ2n) is 8.48. The van der Waals surface area contributed by atoms with Crippen LogP contribution in [0.25, 0.3) is 11.1 Å². The van der Waals surface area contributed by atoms with Crippen molar-refractivity contribution in [3.8, 4) is 11.1 Å². The number of hydrogen-bond donors (Lipinski definition) is 1. The molecule has 2 amide bonds. The number of nitrogens with zero attached hydrogens (tertiary/aromatic N) is 4. The van der Waals surface area contributed by atoms with E-state index in [-0.39, 0.29) is 6.03 Å². The van der Waals surface area contributed by atoms with Crippen LogP contribution in [0.3, 0.4) is 0 Å². The summed E-state index contributed by atoms with van der Waals surface area (Å²) in [4.78, 5) is 23.8. The predicted molar refractivity (Wildman–Crippen MR) is 139 cm³/mol. The summed E-state index contributed by atoms with van der Waals surface area (Å²) in [5.74, 6) is 0. The Hall–Kier alpha value is -2.61. The molecule has 2 aromatic carbocycles. The molecule has 1 N–H and O–H groups in total. The van der Waals surface area contributed by atoms with Gasteiger partial charge in [0.1, 0.15) is 0 Å². The topological polar surface area (TPSA) is 51.7 Å². The lowest BCUT2D eigenvalue weighted by atomic mass is 10.1. The largest absolute Gasteiger partial charge is 0.368 e. The molecule has 0 radical (unpaired) electrons. The summed E-state index contributed by atoms with van der Waals surface area (Å²) < 4.78 is 1.09. The van der Waals surface area contributed by atoms with Crippen LogP contribution in [-0.4, -0.2) is 55.7 Å². The second kappa shape index (κ2) is 9.33. The Balaban J connectivity index is 1.35. The summed E-state index contributed by atoms with van der Waals surface area (Å²) >= 11 is 10.3. The number of anilines is 3. The molecule has 1 fully saturated rings. The molecule has 1 aromatic heterocycles. The third-order valence-corrected chi connectivity index (χ3v) is 7.29. The third-order valence-electron chi connectivity index (χ3n) is 6.34. The van der Waals surface area contributed by atoms with Crippen LogP contribution in [0.4, 0.5) is 21.9 Å². The number of fused-ring (bicyclic) bond motifs is 1. The molecule has 170 valence electrons. The molecule has 3 heterocycles. The molecule has 0 atom stereocenters. The minimum atomic E-state index is -0.145. The number of likely N-dealkylation sites (N-methyl/N-ethyl adjacent to an activating group) is 1. The average molecular weight is 527 g/mol. The first kappa shape index (κ1) is 22.2. The zero-order chi connectivity index (χ0) is 22.9. The molecule has 6 nitrogen and oxygen atoms in total. The Morgan fingerprint density at radius 1 is 1.00 bits per heavy atom. The summed E-state index contributed by atoms with van der Waals surface area (Å²) in [5.41, 5.74) is 5.87. The van der Waals surface area contributed by atoms with Gasteiger partial charge in [-0.3, -0.25) is 9.88 Å². The molecule has 0 saturated carbocycles. The van der Waals surface area contributed by atoms with Crippen molar-refractivity contribution >= 4 is 50.6 Å². The van der Waals surface area contributed by atoms with Gasteiger partial charge in [0.15, 0.2) is 0 Å². The highest BCUT2D eigenvalue weighted by atomic mass is 79.9. The minimum Gasteiger partial charge on any atom is -0.368 e. The van der Waals surface area contributed by atoms with E-state index < -0.39 is 0 Å². The van der Waals surface area contributed by atoms with Crippen molar-refractivity contribution in [2.24, 2.45) is 0 Å². The molecular weight excluding hydrogens is 502 g/mol. The molecule has 33 heavy (non-hydrogen) atoms. The molecule has 3 aromatic rings. The quantitative estimate of drug-likeness (QED) is 0.489. The van der Waals surface area contributed by atoms with Gasteiger partial charge in [0.2, 0.25) is 0 Å². The van der Waals surface area contributed by atoms with E-state index >= 15 is 0 Å². The van der Waals surface area contributed by atoms with Crippen LogP contribution < -0.4 is 15.1 Å². The molecule has 2 aliphatic rings. The van der Waals surface area contributed by atoms with Gasteiger partial charge in [0.05, 0.1) is 16.4 Å². The monoisotopic (exact) mass is 525 g/mol. The summed E-state index contributed by atoms with van der Waals surface area (Å²) in [6, 6.07) is 13.6. The molecule has 0 aliphatic carbocycles. The first-order chi connectivity index (χ1) is 16.0. The van der Waals surface area contributed by atoms with Crippen molar-refractivity contribution in [3.63, 3.8) is 0 Å². The summed E-state index contributed by atoms with van der Waals surface area (Å²) in [5, 5.41) is 3.61. The second-order valence-corrected chi connectivity index (χ2v) is 9.75. The van der Waals surface area contributed by atoms with Crippen molar-refractivity contribution in [1.29, 1.82) is 0 Å². The van der Waals surface area contributed by atoms with Gasteiger partial charge in [0.25, 0.3) is 0 Å². The van der Waals surface area contributed by atoms with E-state index in [1.54, 1.807) is 18.5 Å². The summed E-state index contributed by atoms with van der Waals surface area (Å²) in [6.07, 6.45) is 4.31. The van der Waals surface area contributed by atoms with Crippen molar-refractivity contribution in [2.45, 2.75) is 6.42 Å². The van der Waals surface area contributed by atoms with Crippen LogP contribution in [0.2, 0.25) is 5.02 Å². The van der Waals surface area contributed by atoms with Gasteiger partial charge in [-0.05, 0) is 76.9 Å². The normalized spacial score (nSPS) is 16.1. The Kier molecular flexibility index (Phi) is 6.27. The van der Waals surface area contributed by atoms with E-state index in [1.165, 1.54) is 5.56 Å². The summed E-state index contributed by atoms with van der Waals surface area (Å²) in [7, 11) is 2.15. The molecular formula is C25H25BrClN5O. The van der Waals surface area contributed by atoms with Crippen LogP contribution in [0.1, 0.15) is 5.56 Å². The number of pyridine rings is 1. The third kappa shape index (κ3) is 4.58. The fourth-order valence-electron chi connectivity index (χ4n) is 4.45. The fraction of sp³-hybridized carbons (Fsp3) is 0.280. The van der Waals surface area contributed by atoms with Crippen molar-refractivity contribution < 1.29 is 4.79 Å². The fourth-order valence-corrected chi connectivity index (χ4v) is 5.38. The zero-order valence-electron chi connectivity index (χ0n) is 18.4.